The molecule has 100 valence electrons. The van der Waals surface area contributed by atoms with Crippen LogP contribution in [0.2, 0.25) is 0 Å². The molecule has 0 aromatic heterocycles. The molecule has 0 unspecified atom stereocenters. The van der Waals surface area contributed by atoms with E-state index in [1.54, 1.807) is 0 Å². The predicted octanol–water partition coefficient (Wildman–Crippen LogP) is -0.176. The molecule has 0 saturated carbocycles. The number of non-ortho nitro benzene ring substituents is 1. The molecule has 9 nitrogen and oxygen atoms in total. The van der Waals surface area contributed by atoms with Crippen LogP contribution in [0.15, 0.2) is 23.1 Å². The van der Waals surface area contributed by atoms with Crippen LogP contribution in [0.1, 0.15) is 10.4 Å². The van der Waals surface area contributed by atoms with Gasteiger partial charge in [-0.15, -0.1) is 0 Å². The summed E-state index contributed by atoms with van der Waals surface area (Å²) in [6.45, 7) is -1.02. The minimum atomic E-state index is -4.25. The van der Waals surface area contributed by atoms with Crippen molar-refractivity contribution < 1.29 is 28.0 Å². The predicted molar refractivity (Wildman–Crippen MR) is 59.0 cm³/mol. The number of amides is 1. The maximum Gasteiger partial charge on any atom is 0.324 e. The Morgan fingerprint density at radius 1 is 1.42 bits per heavy atom. The van der Waals surface area contributed by atoms with Crippen molar-refractivity contribution >= 4 is 27.6 Å². The third-order valence-electron chi connectivity index (χ3n) is 2.48. The number of nitro groups is 1. The Morgan fingerprint density at radius 3 is 2.58 bits per heavy atom. The van der Waals surface area contributed by atoms with Crippen molar-refractivity contribution in [1.82, 2.24) is 4.31 Å². The highest BCUT2D eigenvalue weighted by molar-refractivity contribution is 7.90. The lowest BCUT2D eigenvalue weighted by Gasteiger charge is -2.11. The molecule has 1 heterocycles. The Balaban J connectivity index is 2.60. The van der Waals surface area contributed by atoms with Crippen molar-refractivity contribution in [3.8, 4) is 0 Å². The van der Waals surface area contributed by atoms with E-state index in [-0.39, 0.29) is 4.31 Å². The van der Waals surface area contributed by atoms with E-state index >= 15 is 0 Å². The number of fused-ring (bicyclic) bond motifs is 1. The summed E-state index contributed by atoms with van der Waals surface area (Å²) in [6.07, 6.45) is 0. The third-order valence-corrected chi connectivity index (χ3v) is 4.26. The molecule has 1 amide bonds. The van der Waals surface area contributed by atoms with E-state index in [1.807, 2.05) is 0 Å². The van der Waals surface area contributed by atoms with Gasteiger partial charge in [-0.2, -0.15) is 0 Å². The number of nitrogens with zero attached hydrogens (tertiary/aromatic N) is 2. The fraction of sp³-hybridized carbons (Fsp3) is 0.111. The third kappa shape index (κ3) is 1.91. The first kappa shape index (κ1) is 13.0. The SMILES string of the molecule is O=C(O)CN1C(=O)c2cc([N+](=O)[O-])ccc2S1(=O)=O. The van der Waals surface area contributed by atoms with Gasteiger partial charge in [0, 0.05) is 12.1 Å². The van der Waals surface area contributed by atoms with Crippen molar-refractivity contribution in [3.05, 3.63) is 33.9 Å². The molecule has 1 aromatic carbocycles. The van der Waals surface area contributed by atoms with Gasteiger partial charge in [-0.3, -0.25) is 19.7 Å². The second-order valence-corrected chi connectivity index (χ2v) is 5.48. The Kier molecular flexibility index (Phi) is 2.74. The van der Waals surface area contributed by atoms with Crippen molar-refractivity contribution in [2.24, 2.45) is 0 Å². The lowest BCUT2D eigenvalue weighted by Crippen LogP contribution is -2.34. The first-order valence-electron chi connectivity index (χ1n) is 4.82. The number of carbonyl (C=O) groups excluding carboxylic acids is 1. The summed E-state index contributed by atoms with van der Waals surface area (Å²) >= 11 is 0. The van der Waals surface area contributed by atoms with Gasteiger partial charge in [0.1, 0.15) is 11.4 Å². The van der Waals surface area contributed by atoms with Crippen LogP contribution in [0, 0.1) is 10.1 Å². The zero-order chi connectivity index (χ0) is 14.4. The number of carbonyl (C=O) groups is 2. The minimum Gasteiger partial charge on any atom is -0.480 e. The van der Waals surface area contributed by atoms with Crippen LogP contribution in [0.25, 0.3) is 0 Å². The highest BCUT2D eigenvalue weighted by atomic mass is 32.2. The summed E-state index contributed by atoms with van der Waals surface area (Å²) in [4.78, 5) is 31.7. The van der Waals surface area contributed by atoms with E-state index in [0.29, 0.717) is 0 Å². The number of benzene rings is 1. The quantitative estimate of drug-likeness (QED) is 0.601. The van der Waals surface area contributed by atoms with Gasteiger partial charge in [-0.25, -0.2) is 12.7 Å². The maximum atomic E-state index is 11.9. The molecule has 2 rings (SSSR count). The number of sulfonamides is 1. The molecular formula is C9H6N2O7S. The summed E-state index contributed by atoms with van der Waals surface area (Å²) in [5, 5.41) is 19.1. The fourth-order valence-corrected chi connectivity index (χ4v) is 3.16. The zero-order valence-electron chi connectivity index (χ0n) is 9.14. The fourth-order valence-electron chi connectivity index (χ4n) is 1.67. The van der Waals surface area contributed by atoms with Crippen LogP contribution in [-0.2, 0) is 14.8 Å². The molecule has 0 radical (unpaired) electrons. The van der Waals surface area contributed by atoms with Gasteiger partial charge in [-0.1, -0.05) is 0 Å². The molecule has 1 aromatic rings. The highest BCUT2D eigenvalue weighted by Crippen LogP contribution is 2.32. The van der Waals surface area contributed by atoms with Crippen LogP contribution in [0.3, 0.4) is 0 Å². The average Bonchev–Trinajstić information content (AvgIpc) is 2.50. The zero-order valence-corrected chi connectivity index (χ0v) is 9.96. The second kappa shape index (κ2) is 4.02. The Labute approximate surface area is 106 Å². The van der Waals surface area contributed by atoms with Gasteiger partial charge in [0.15, 0.2) is 0 Å². The van der Waals surface area contributed by atoms with Crippen molar-refractivity contribution in [2.45, 2.75) is 4.90 Å². The van der Waals surface area contributed by atoms with Gasteiger partial charge in [0.25, 0.3) is 21.6 Å². The van der Waals surface area contributed by atoms with E-state index < -0.39 is 49.5 Å². The largest absolute Gasteiger partial charge is 0.480 e. The molecule has 0 saturated heterocycles. The molecule has 0 spiro atoms. The molecule has 1 aliphatic rings. The number of carboxylic acids is 1. The molecule has 0 fully saturated rings. The van der Waals surface area contributed by atoms with Gasteiger partial charge in [0.2, 0.25) is 0 Å². The van der Waals surface area contributed by atoms with Gasteiger partial charge in [0.05, 0.1) is 10.5 Å². The first-order valence-corrected chi connectivity index (χ1v) is 6.26. The summed E-state index contributed by atoms with van der Waals surface area (Å²) < 4.78 is 23.9. The normalized spacial score (nSPS) is 16.2. The standard InChI is InChI=1S/C9H6N2O7S/c12-8(13)4-10-9(14)6-3-5(11(15)16)1-2-7(6)19(10,17)18/h1-3H,4H2,(H,12,13). The number of aliphatic carboxylic acids is 1. The van der Waals surface area contributed by atoms with Gasteiger partial charge in [-0.05, 0) is 6.07 Å². The van der Waals surface area contributed by atoms with E-state index in [2.05, 4.69) is 0 Å². The monoisotopic (exact) mass is 286 g/mol. The molecule has 10 heteroatoms. The first-order chi connectivity index (χ1) is 8.75. The van der Waals surface area contributed by atoms with E-state index in [0.717, 1.165) is 18.2 Å². The minimum absolute atomic E-state index is 0.170. The molecule has 1 N–H and O–H groups in total. The summed E-state index contributed by atoms with van der Waals surface area (Å²) in [7, 11) is -4.25. The van der Waals surface area contributed by atoms with Crippen molar-refractivity contribution in [2.75, 3.05) is 6.54 Å². The lowest BCUT2D eigenvalue weighted by molar-refractivity contribution is -0.384. The number of carboxylic acid groups (broad SMARTS) is 1. The van der Waals surface area contributed by atoms with Gasteiger partial charge >= 0.3 is 5.97 Å². The van der Waals surface area contributed by atoms with E-state index in [9.17, 15) is 28.1 Å². The smallest absolute Gasteiger partial charge is 0.324 e. The van der Waals surface area contributed by atoms with Crippen LogP contribution in [0.5, 0.6) is 0 Å². The molecule has 19 heavy (non-hydrogen) atoms. The molecular weight excluding hydrogens is 280 g/mol. The van der Waals surface area contributed by atoms with Crippen molar-refractivity contribution in [3.63, 3.8) is 0 Å². The van der Waals surface area contributed by atoms with Gasteiger partial charge < -0.3 is 5.11 Å². The number of hydrogen-bond acceptors (Lipinski definition) is 6. The van der Waals surface area contributed by atoms with Crippen LogP contribution in [-0.4, -0.2) is 41.2 Å². The number of nitro benzene ring substituents is 1. The summed E-state index contributed by atoms with van der Waals surface area (Å²) in [5.74, 6) is -2.58. The van der Waals surface area contributed by atoms with Crippen LogP contribution >= 0.6 is 0 Å². The van der Waals surface area contributed by atoms with Crippen LogP contribution < -0.4 is 0 Å². The molecule has 0 bridgehead atoms. The van der Waals surface area contributed by atoms with E-state index in [4.69, 9.17) is 5.11 Å². The van der Waals surface area contributed by atoms with Crippen molar-refractivity contribution in [1.29, 1.82) is 0 Å². The average molecular weight is 286 g/mol. The van der Waals surface area contributed by atoms with Crippen LogP contribution in [0.4, 0.5) is 5.69 Å². The maximum absolute atomic E-state index is 11.9. The summed E-state index contributed by atoms with van der Waals surface area (Å²) in [6, 6.07) is 2.67. The topological polar surface area (TPSA) is 135 Å². The lowest BCUT2D eigenvalue weighted by atomic mass is 10.2. The Hall–Kier alpha value is -2.49. The molecule has 1 aliphatic heterocycles. The Bertz CT molecular complexity index is 709. The van der Waals surface area contributed by atoms with E-state index in [1.165, 1.54) is 0 Å². The summed E-state index contributed by atoms with van der Waals surface area (Å²) in [5.41, 5.74) is -0.838. The highest BCUT2D eigenvalue weighted by Gasteiger charge is 2.43. The number of hydrogen-bond donors (Lipinski definition) is 1. The number of rotatable bonds is 3. The molecule has 0 aliphatic carbocycles. The second-order valence-electron chi connectivity index (χ2n) is 3.65. The molecule has 0 atom stereocenters. The Morgan fingerprint density at radius 2 is 2.05 bits per heavy atom.